The van der Waals surface area contributed by atoms with Crippen LogP contribution in [-0.4, -0.2) is 42.9 Å². The molecule has 2 unspecified atom stereocenters. The number of carbonyl (C=O) groups excluding carboxylic acids is 2. The van der Waals surface area contributed by atoms with E-state index in [9.17, 15) is 9.59 Å². The minimum Gasteiger partial charge on any atom is -0.467 e. The number of ketones is 1. The lowest BCUT2D eigenvalue weighted by Crippen LogP contribution is -2.69. The lowest BCUT2D eigenvalue weighted by molar-refractivity contribution is -0.288. The van der Waals surface area contributed by atoms with Crippen molar-refractivity contribution in [2.45, 2.75) is 38.2 Å². The summed E-state index contributed by atoms with van der Waals surface area (Å²) in [5, 5.41) is 0. The molecule has 0 aromatic rings. The van der Waals surface area contributed by atoms with Crippen molar-refractivity contribution in [1.82, 2.24) is 0 Å². The number of nitrogens with two attached hydrogens (primary N) is 1. The highest BCUT2D eigenvalue weighted by Gasteiger charge is 2.53. The van der Waals surface area contributed by atoms with Gasteiger partial charge in [0.15, 0.2) is 17.1 Å². The molecule has 0 saturated carbocycles. The topological polar surface area (TPSA) is 87.8 Å². The second-order valence-electron chi connectivity index (χ2n) is 4.33. The summed E-state index contributed by atoms with van der Waals surface area (Å²) in [6.07, 6.45) is -1.05. The number of carbonyl (C=O) groups is 2. The van der Waals surface area contributed by atoms with Gasteiger partial charge in [-0.1, -0.05) is 0 Å². The Balaban J connectivity index is 3.01. The summed E-state index contributed by atoms with van der Waals surface area (Å²) in [5.41, 5.74) is 4.26. The minimum absolute atomic E-state index is 0.114. The highest BCUT2D eigenvalue weighted by molar-refractivity contribution is 5.92. The number of esters is 1. The smallest absolute Gasteiger partial charge is 0.331 e. The van der Waals surface area contributed by atoms with E-state index in [0.717, 1.165) is 0 Å². The zero-order valence-electron chi connectivity index (χ0n) is 9.90. The molecule has 0 radical (unpaired) electrons. The Hall–Kier alpha value is -0.980. The van der Waals surface area contributed by atoms with Crippen LogP contribution in [0.15, 0.2) is 0 Å². The quantitative estimate of drug-likeness (QED) is 0.650. The maximum atomic E-state index is 11.6. The Morgan fingerprint density at radius 3 is 2.44 bits per heavy atom. The number of rotatable bonds is 2. The van der Waals surface area contributed by atoms with Crippen LogP contribution in [0.5, 0.6) is 0 Å². The van der Waals surface area contributed by atoms with E-state index < -0.39 is 23.4 Å². The van der Waals surface area contributed by atoms with Gasteiger partial charge in [0.25, 0.3) is 0 Å². The molecule has 6 nitrogen and oxygen atoms in total. The van der Waals surface area contributed by atoms with E-state index in [0.29, 0.717) is 0 Å². The van der Waals surface area contributed by atoms with Gasteiger partial charge in [0.2, 0.25) is 0 Å². The van der Waals surface area contributed by atoms with Crippen molar-refractivity contribution in [3.8, 4) is 0 Å². The second kappa shape index (κ2) is 4.12. The van der Waals surface area contributed by atoms with Gasteiger partial charge in [-0.15, -0.1) is 0 Å². The van der Waals surface area contributed by atoms with Gasteiger partial charge in [-0.2, -0.15) is 0 Å². The summed E-state index contributed by atoms with van der Waals surface area (Å²) in [4.78, 5) is 23.0. The molecule has 0 aromatic carbocycles. The largest absolute Gasteiger partial charge is 0.467 e. The molecule has 1 saturated heterocycles. The van der Waals surface area contributed by atoms with E-state index >= 15 is 0 Å². The first-order valence-corrected chi connectivity index (χ1v) is 4.92. The van der Waals surface area contributed by atoms with Gasteiger partial charge in [0.05, 0.1) is 13.7 Å². The fourth-order valence-electron chi connectivity index (χ4n) is 1.59. The van der Waals surface area contributed by atoms with Crippen LogP contribution >= 0.6 is 0 Å². The maximum absolute atomic E-state index is 11.6. The van der Waals surface area contributed by atoms with Gasteiger partial charge in [0, 0.05) is 0 Å². The Bertz CT molecular complexity index is 314. The lowest BCUT2D eigenvalue weighted by atomic mass is 9.90. The molecule has 1 heterocycles. The molecule has 1 aliphatic heterocycles. The van der Waals surface area contributed by atoms with Crippen LogP contribution in [0.25, 0.3) is 0 Å². The molecule has 6 heteroatoms. The van der Waals surface area contributed by atoms with E-state index in [-0.39, 0.29) is 12.4 Å². The summed E-state index contributed by atoms with van der Waals surface area (Å²) >= 11 is 0. The molecule has 2 atom stereocenters. The highest BCUT2D eigenvalue weighted by atomic mass is 16.7. The number of methoxy groups -OCH3 is 1. The van der Waals surface area contributed by atoms with E-state index in [1.54, 1.807) is 13.8 Å². The fraction of sp³-hybridized carbons (Fsp3) is 0.800. The number of hydrogen-bond donors (Lipinski definition) is 1. The predicted octanol–water partition coefficient (Wildman–Crippen LogP) is -0.403. The summed E-state index contributed by atoms with van der Waals surface area (Å²) in [6.45, 7) is 4.51. The molecular weight excluding hydrogens is 214 g/mol. The zero-order chi connectivity index (χ0) is 12.6. The van der Waals surface area contributed by atoms with Crippen LogP contribution in [0, 0.1) is 0 Å². The van der Waals surface area contributed by atoms with Gasteiger partial charge in [0.1, 0.15) is 6.10 Å². The summed E-state index contributed by atoms with van der Waals surface area (Å²) in [5.74, 6) is -1.99. The van der Waals surface area contributed by atoms with Gasteiger partial charge in [-0.3, -0.25) is 4.79 Å². The van der Waals surface area contributed by atoms with E-state index in [1.807, 2.05) is 0 Å². The highest BCUT2D eigenvalue weighted by Crippen LogP contribution is 2.29. The molecular formula is C10H17NO5. The molecule has 92 valence electrons. The number of ether oxygens (including phenoxy) is 3. The van der Waals surface area contributed by atoms with Gasteiger partial charge >= 0.3 is 5.97 Å². The van der Waals surface area contributed by atoms with E-state index in [4.69, 9.17) is 15.2 Å². The van der Waals surface area contributed by atoms with Crippen LogP contribution in [0.2, 0.25) is 0 Å². The maximum Gasteiger partial charge on any atom is 0.331 e. The van der Waals surface area contributed by atoms with Crippen LogP contribution < -0.4 is 5.73 Å². The number of hydrogen-bond acceptors (Lipinski definition) is 6. The Morgan fingerprint density at radius 2 is 2.00 bits per heavy atom. The molecule has 1 rings (SSSR count). The predicted molar refractivity (Wildman–Crippen MR) is 54.5 cm³/mol. The van der Waals surface area contributed by atoms with Crippen molar-refractivity contribution >= 4 is 11.8 Å². The average Bonchev–Trinajstić information content (AvgIpc) is 2.20. The monoisotopic (exact) mass is 231 g/mol. The normalized spacial score (nSPS) is 33.2. The molecule has 1 fully saturated rings. The lowest BCUT2D eigenvalue weighted by Gasteiger charge is -2.44. The van der Waals surface area contributed by atoms with Crippen molar-refractivity contribution < 1.29 is 23.8 Å². The standard InChI is InChI=1S/C10H17NO5/c1-6(12)7-10(11,8(13)14-4)5-15-9(2,3)16-7/h7H,5,11H2,1-4H3. The summed E-state index contributed by atoms with van der Waals surface area (Å²) in [7, 11) is 1.20. The molecule has 1 aliphatic rings. The Kier molecular flexibility index (Phi) is 3.37. The van der Waals surface area contributed by atoms with Crippen LogP contribution in [0.1, 0.15) is 20.8 Å². The van der Waals surface area contributed by atoms with Crippen molar-refractivity contribution in [2.75, 3.05) is 13.7 Å². The second-order valence-corrected chi connectivity index (χ2v) is 4.33. The molecule has 0 aromatic heterocycles. The Morgan fingerprint density at radius 1 is 1.44 bits per heavy atom. The van der Waals surface area contributed by atoms with Crippen molar-refractivity contribution in [1.29, 1.82) is 0 Å². The zero-order valence-corrected chi connectivity index (χ0v) is 9.90. The summed E-state index contributed by atoms with van der Waals surface area (Å²) in [6, 6.07) is 0. The van der Waals surface area contributed by atoms with E-state index in [1.165, 1.54) is 14.0 Å². The van der Waals surface area contributed by atoms with Crippen LogP contribution in [0.4, 0.5) is 0 Å². The first-order chi connectivity index (χ1) is 7.23. The van der Waals surface area contributed by atoms with Crippen molar-refractivity contribution in [3.05, 3.63) is 0 Å². The molecule has 0 spiro atoms. The third-order valence-corrected chi connectivity index (χ3v) is 2.46. The van der Waals surface area contributed by atoms with Crippen LogP contribution in [-0.2, 0) is 23.8 Å². The number of Topliss-reactive ketones (excluding diaryl/α,β-unsaturated/α-hetero) is 1. The van der Waals surface area contributed by atoms with Crippen LogP contribution in [0.3, 0.4) is 0 Å². The third kappa shape index (κ3) is 2.23. The van der Waals surface area contributed by atoms with Gasteiger partial charge in [-0.05, 0) is 20.8 Å². The molecule has 16 heavy (non-hydrogen) atoms. The molecule has 0 amide bonds. The Labute approximate surface area is 94.0 Å². The first-order valence-electron chi connectivity index (χ1n) is 4.92. The molecule has 2 N–H and O–H groups in total. The van der Waals surface area contributed by atoms with Gasteiger partial charge in [-0.25, -0.2) is 4.79 Å². The van der Waals surface area contributed by atoms with Gasteiger partial charge < -0.3 is 19.9 Å². The van der Waals surface area contributed by atoms with Crippen molar-refractivity contribution in [2.24, 2.45) is 5.73 Å². The minimum atomic E-state index is -1.57. The fourth-order valence-corrected chi connectivity index (χ4v) is 1.59. The SMILES string of the molecule is COC(=O)C1(N)COC(C)(C)OC1C(C)=O. The first kappa shape index (κ1) is 13.1. The molecule has 0 bridgehead atoms. The third-order valence-electron chi connectivity index (χ3n) is 2.46. The average molecular weight is 231 g/mol. The van der Waals surface area contributed by atoms with E-state index in [2.05, 4.69) is 4.74 Å². The van der Waals surface area contributed by atoms with Crippen molar-refractivity contribution in [3.63, 3.8) is 0 Å². The summed E-state index contributed by atoms with van der Waals surface area (Å²) < 4.78 is 15.2. The molecule has 0 aliphatic carbocycles.